The number of carbonyl (C=O) groups is 1. The van der Waals surface area contributed by atoms with Crippen LogP contribution in [-0.4, -0.2) is 66.4 Å². The van der Waals surface area contributed by atoms with Gasteiger partial charge in [0.05, 0.1) is 11.4 Å². The minimum atomic E-state index is -3.54. The number of hydrogen-bond donors (Lipinski definition) is 1. The van der Waals surface area contributed by atoms with E-state index in [-0.39, 0.29) is 23.3 Å². The lowest BCUT2D eigenvalue weighted by Gasteiger charge is -2.29. The van der Waals surface area contributed by atoms with Gasteiger partial charge in [0.15, 0.2) is 5.82 Å². The molecule has 1 aromatic heterocycles. The smallest absolute Gasteiger partial charge is 0.243 e. The van der Waals surface area contributed by atoms with Gasteiger partial charge < -0.3 is 9.84 Å². The molecule has 3 heterocycles. The number of benzene rings is 1. The van der Waals surface area contributed by atoms with Crippen LogP contribution in [0.3, 0.4) is 0 Å². The van der Waals surface area contributed by atoms with Crippen LogP contribution in [0.15, 0.2) is 27.6 Å². The quantitative estimate of drug-likeness (QED) is 0.704. The minimum absolute atomic E-state index is 0.146. The zero-order valence-corrected chi connectivity index (χ0v) is 19.5. The van der Waals surface area contributed by atoms with Gasteiger partial charge in [0.25, 0.3) is 0 Å². The molecule has 1 N–H and O–H groups in total. The van der Waals surface area contributed by atoms with Crippen molar-refractivity contribution in [2.45, 2.75) is 56.8 Å². The fraction of sp³-hybridized carbons (Fsp3) is 0.591. The van der Waals surface area contributed by atoms with Crippen LogP contribution in [-0.2, 0) is 14.8 Å². The number of amides is 1. The molecule has 10 heteroatoms. The summed E-state index contributed by atoms with van der Waals surface area (Å²) in [4.78, 5) is 19.3. The standard InChI is InChI=1S/C22H31N5O4S/c1-16-6-7-19(32(29,30)27-10-4-3-5-11-27)14-20(16)24-21(28)15-26-12-8-18(9-13-26)22-23-17(2)25-31-22/h6-7,14,18H,3-5,8-13,15H2,1-2H3,(H,24,28). The van der Waals surface area contributed by atoms with E-state index in [1.165, 1.54) is 0 Å². The average molecular weight is 462 g/mol. The Hall–Kier alpha value is -2.30. The number of likely N-dealkylation sites (tertiary alicyclic amines) is 1. The third-order valence-electron chi connectivity index (χ3n) is 6.28. The Bertz CT molecular complexity index is 1050. The maximum Gasteiger partial charge on any atom is 0.243 e. The van der Waals surface area contributed by atoms with Crippen LogP contribution in [0.4, 0.5) is 5.69 Å². The molecule has 174 valence electrons. The highest BCUT2D eigenvalue weighted by Crippen LogP contribution is 2.27. The molecular formula is C22H31N5O4S. The summed E-state index contributed by atoms with van der Waals surface area (Å²) in [6.45, 7) is 6.57. The van der Waals surface area contributed by atoms with Crippen LogP contribution in [0.25, 0.3) is 0 Å². The molecule has 9 nitrogen and oxygen atoms in total. The van der Waals surface area contributed by atoms with Crippen molar-refractivity contribution in [3.8, 4) is 0 Å². The van der Waals surface area contributed by atoms with Crippen LogP contribution in [0.1, 0.15) is 55.3 Å². The van der Waals surface area contributed by atoms with E-state index in [2.05, 4.69) is 20.4 Å². The normalized spacial score (nSPS) is 19.2. The Kier molecular flexibility index (Phi) is 6.92. The summed E-state index contributed by atoms with van der Waals surface area (Å²) in [5.41, 5.74) is 1.38. The largest absolute Gasteiger partial charge is 0.339 e. The number of aryl methyl sites for hydroxylation is 2. The van der Waals surface area contributed by atoms with Crippen molar-refractivity contribution in [3.05, 3.63) is 35.5 Å². The second-order valence-electron chi connectivity index (χ2n) is 8.72. The molecule has 2 aliphatic rings. The molecule has 2 saturated heterocycles. The van der Waals surface area contributed by atoms with Crippen LogP contribution in [0.5, 0.6) is 0 Å². The highest BCUT2D eigenvalue weighted by molar-refractivity contribution is 7.89. The Morgan fingerprint density at radius 2 is 1.84 bits per heavy atom. The molecule has 2 aromatic rings. The zero-order chi connectivity index (χ0) is 22.7. The van der Waals surface area contributed by atoms with E-state index in [1.54, 1.807) is 29.4 Å². The molecule has 0 spiro atoms. The fourth-order valence-corrected chi connectivity index (χ4v) is 5.90. The maximum absolute atomic E-state index is 13.0. The second kappa shape index (κ2) is 9.68. The van der Waals surface area contributed by atoms with Gasteiger partial charge in [-0.05, 0) is 70.3 Å². The average Bonchev–Trinajstić information content (AvgIpc) is 3.22. The molecular weight excluding hydrogens is 430 g/mol. The summed E-state index contributed by atoms with van der Waals surface area (Å²) in [6.07, 6.45) is 4.55. The second-order valence-corrected chi connectivity index (χ2v) is 10.7. The summed E-state index contributed by atoms with van der Waals surface area (Å²) >= 11 is 0. The molecule has 0 radical (unpaired) electrons. The third kappa shape index (κ3) is 5.19. The molecule has 0 aliphatic carbocycles. The number of sulfonamides is 1. The third-order valence-corrected chi connectivity index (χ3v) is 8.18. The van der Waals surface area contributed by atoms with Crippen molar-refractivity contribution in [1.82, 2.24) is 19.3 Å². The first kappa shape index (κ1) is 22.9. The number of nitrogens with one attached hydrogen (secondary N) is 1. The predicted molar refractivity (Wildman–Crippen MR) is 120 cm³/mol. The van der Waals surface area contributed by atoms with Gasteiger partial charge >= 0.3 is 0 Å². The van der Waals surface area contributed by atoms with Crippen LogP contribution in [0.2, 0.25) is 0 Å². The number of anilines is 1. The van der Waals surface area contributed by atoms with Gasteiger partial charge in [-0.3, -0.25) is 9.69 Å². The first-order chi connectivity index (χ1) is 15.3. The summed E-state index contributed by atoms with van der Waals surface area (Å²) < 4.78 is 32.8. The van der Waals surface area contributed by atoms with Gasteiger partial charge in [0, 0.05) is 24.7 Å². The molecule has 1 aromatic carbocycles. The number of nitrogens with zero attached hydrogens (tertiary/aromatic N) is 4. The van der Waals surface area contributed by atoms with Crippen molar-refractivity contribution < 1.29 is 17.7 Å². The van der Waals surface area contributed by atoms with Crippen molar-refractivity contribution >= 4 is 21.6 Å². The first-order valence-corrected chi connectivity index (χ1v) is 12.7. The summed E-state index contributed by atoms with van der Waals surface area (Å²) in [7, 11) is -3.54. The Balaban J connectivity index is 1.35. The Morgan fingerprint density at radius 3 is 2.50 bits per heavy atom. The van der Waals surface area contributed by atoms with Gasteiger partial charge in [-0.2, -0.15) is 9.29 Å². The fourth-order valence-electron chi connectivity index (χ4n) is 4.36. The van der Waals surface area contributed by atoms with E-state index in [0.29, 0.717) is 30.5 Å². The minimum Gasteiger partial charge on any atom is -0.339 e. The molecule has 4 rings (SSSR count). The Labute approximate surface area is 189 Å². The predicted octanol–water partition coefficient (Wildman–Crippen LogP) is 2.68. The highest BCUT2D eigenvalue weighted by Gasteiger charge is 2.28. The Morgan fingerprint density at radius 1 is 1.12 bits per heavy atom. The first-order valence-electron chi connectivity index (χ1n) is 11.3. The van der Waals surface area contributed by atoms with Gasteiger partial charge in [-0.1, -0.05) is 17.6 Å². The highest BCUT2D eigenvalue weighted by atomic mass is 32.2. The van der Waals surface area contributed by atoms with Crippen LogP contribution in [0, 0.1) is 13.8 Å². The number of carbonyl (C=O) groups excluding carboxylic acids is 1. The number of aromatic nitrogens is 2. The molecule has 2 fully saturated rings. The van der Waals surface area contributed by atoms with Crippen molar-refractivity contribution in [2.24, 2.45) is 0 Å². The number of hydrogen-bond acceptors (Lipinski definition) is 7. The zero-order valence-electron chi connectivity index (χ0n) is 18.7. The lowest BCUT2D eigenvalue weighted by molar-refractivity contribution is -0.117. The summed E-state index contributed by atoms with van der Waals surface area (Å²) in [6, 6.07) is 4.96. The molecule has 0 atom stereocenters. The SMILES string of the molecule is Cc1noc(C2CCN(CC(=O)Nc3cc(S(=O)(=O)N4CCCCC4)ccc3C)CC2)n1. The lowest BCUT2D eigenvalue weighted by Crippen LogP contribution is -2.39. The molecule has 32 heavy (non-hydrogen) atoms. The van der Waals surface area contributed by atoms with E-state index < -0.39 is 10.0 Å². The maximum atomic E-state index is 13.0. The van der Waals surface area contributed by atoms with Crippen molar-refractivity contribution in [3.63, 3.8) is 0 Å². The topological polar surface area (TPSA) is 109 Å². The van der Waals surface area contributed by atoms with Crippen LogP contribution < -0.4 is 5.32 Å². The number of piperidine rings is 2. The van der Waals surface area contributed by atoms with Gasteiger partial charge in [0.1, 0.15) is 0 Å². The van der Waals surface area contributed by atoms with Crippen molar-refractivity contribution in [1.29, 1.82) is 0 Å². The van der Waals surface area contributed by atoms with Gasteiger partial charge in [-0.15, -0.1) is 0 Å². The molecule has 0 saturated carbocycles. The van der Waals surface area contributed by atoms with E-state index in [9.17, 15) is 13.2 Å². The monoisotopic (exact) mass is 461 g/mol. The van der Waals surface area contributed by atoms with E-state index in [1.807, 2.05) is 6.92 Å². The molecule has 2 aliphatic heterocycles. The van der Waals surface area contributed by atoms with E-state index in [0.717, 1.165) is 50.8 Å². The summed E-state index contributed by atoms with van der Waals surface area (Å²) in [5.74, 6) is 1.40. The number of rotatable bonds is 6. The summed E-state index contributed by atoms with van der Waals surface area (Å²) in [5, 5.41) is 6.77. The van der Waals surface area contributed by atoms with E-state index >= 15 is 0 Å². The van der Waals surface area contributed by atoms with Gasteiger partial charge in [0.2, 0.25) is 21.8 Å². The van der Waals surface area contributed by atoms with E-state index in [4.69, 9.17) is 4.52 Å². The van der Waals surface area contributed by atoms with Crippen molar-refractivity contribution in [2.75, 3.05) is 38.0 Å². The molecule has 1 amide bonds. The van der Waals surface area contributed by atoms with Crippen LogP contribution >= 0.6 is 0 Å². The lowest BCUT2D eigenvalue weighted by atomic mass is 9.97. The molecule has 0 unspecified atom stereocenters. The van der Waals surface area contributed by atoms with Gasteiger partial charge in [-0.25, -0.2) is 8.42 Å². The molecule has 0 bridgehead atoms.